The van der Waals surface area contributed by atoms with Crippen molar-refractivity contribution in [2.75, 3.05) is 0 Å². The van der Waals surface area contributed by atoms with Crippen LogP contribution in [0.1, 0.15) is 30.9 Å². The number of hydrogen-bond acceptors (Lipinski definition) is 1. The average molecular weight is 205 g/mol. The summed E-state index contributed by atoms with van der Waals surface area (Å²) in [6, 6.07) is 8.22. The molecule has 0 fully saturated rings. The molecule has 0 saturated heterocycles. The third-order valence-corrected chi connectivity index (χ3v) is 2.03. The van der Waals surface area contributed by atoms with E-state index in [0.717, 1.165) is 5.56 Å². The SMILES string of the molecule is CC(C)c1ccc(/C=[NH+]\N=C(N)N)cc1. The normalized spacial score (nSPS) is 10.9. The molecule has 0 unspecified atom stereocenters. The zero-order valence-corrected chi connectivity index (χ0v) is 9.07. The van der Waals surface area contributed by atoms with Crippen molar-refractivity contribution in [3.8, 4) is 0 Å². The highest BCUT2D eigenvalue weighted by Gasteiger charge is 1.98. The Hall–Kier alpha value is -1.84. The van der Waals surface area contributed by atoms with Crippen molar-refractivity contribution in [3.05, 3.63) is 35.4 Å². The van der Waals surface area contributed by atoms with Crippen LogP contribution < -0.4 is 16.6 Å². The molecule has 0 heterocycles. The van der Waals surface area contributed by atoms with Crippen LogP contribution in [-0.2, 0) is 0 Å². The Morgan fingerprint density at radius 2 is 1.87 bits per heavy atom. The summed E-state index contributed by atoms with van der Waals surface area (Å²) in [6.07, 6.45) is 1.74. The highest BCUT2D eigenvalue weighted by molar-refractivity contribution is 5.76. The van der Waals surface area contributed by atoms with Crippen LogP contribution >= 0.6 is 0 Å². The number of benzene rings is 1. The highest BCUT2D eigenvalue weighted by atomic mass is 15.3. The smallest absolute Gasteiger partial charge is 0.256 e. The van der Waals surface area contributed by atoms with Crippen LogP contribution in [0.4, 0.5) is 0 Å². The van der Waals surface area contributed by atoms with Crippen molar-refractivity contribution in [2.45, 2.75) is 19.8 Å². The van der Waals surface area contributed by atoms with Crippen LogP contribution in [0.3, 0.4) is 0 Å². The van der Waals surface area contributed by atoms with Gasteiger partial charge in [-0.05, 0) is 23.6 Å². The minimum atomic E-state index is 0.0186. The van der Waals surface area contributed by atoms with E-state index in [-0.39, 0.29) is 5.96 Å². The first-order chi connectivity index (χ1) is 7.09. The fourth-order valence-electron chi connectivity index (χ4n) is 1.16. The minimum absolute atomic E-state index is 0.0186. The lowest BCUT2D eigenvalue weighted by molar-refractivity contribution is -0.456. The average Bonchev–Trinajstić information content (AvgIpc) is 2.18. The second kappa shape index (κ2) is 5.14. The van der Waals surface area contributed by atoms with E-state index in [2.05, 4.69) is 36.2 Å². The molecule has 15 heavy (non-hydrogen) atoms. The third-order valence-electron chi connectivity index (χ3n) is 2.03. The van der Waals surface area contributed by atoms with Crippen LogP contribution in [0.15, 0.2) is 29.4 Å². The maximum atomic E-state index is 5.17. The first-order valence-electron chi connectivity index (χ1n) is 4.87. The van der Waals surface area contributed by atoms with Crippen molar-refractivity contribution in [1.29, 1.82) is 0 Å². The molecule has 4 nitrogen and oxygen atoms in total. The van der Waals surface area contributed by atoms with Crippen LogP contribution in [0.2, 0.25) is 0 Å². The van der Waals surface area contributed by atoms with E-state index in [1.54, 1.807) is 6.21 Å². The van der Waals surface area contributed by atoms with E-state index in [1.165, 1.54) is 5.56 Å². The van der Waals surface area contributed by atoms with Gasteiger partial charge in [-0.1, -0.05) is 26.0 Å². The first-order valence-corrected chi connectivity index (χ1v) is 4.87. The Balaban J connectivity index is 2.73. The standard InChI is InChI=1S/C11H16N4/c1-8(2)10-5-3-9(4-6-10)7-14-15-11(12)13/h3-8H,1-2H3,(H4,12,13,15)/p+1/b14-7-. The monoisotopic (exact) mass is 205 g/mol. The van der Waals surface area contributed by atoms with Crippen LogP contribution in [0.5, 0.6) is 0 Å². The van der Waals surface area contributed by atoms with Crippen molar-refractivity contribution < 1.29 is 5.10 Å². The summed E-state index contributed by atoms with van der Waals surface area (Å²) in [7, 11) is 0. The van der Waals surface area contributed by atoms with Gasteiger partial charge in [-0.15, -0.1) is 5.10 Å². The first kappa shape index (κ1) is 11.2. The molecule has 0 amide bonds. The van der Waals surface area contributed by atoms with Gasteiger partial charge in [0.05, 0.1) is 0 Å². The largest absolute Gasteiger partial charge is 0.365 e. The fraction of sp³-hybridized carbons (Fsp3) is 0.273. The lowest BCUT2D eigenvalue weighted by Crippen LogP contribution is -2.63. The summed E-state index contributed by atoms with van der Waals surface area (Å²) in [5.74, 6) is 0.565. The van der Waals surface area contributed by atoms with E-state index < -0.39 is 0 Å². The molecule has 1 aromatic rings. The topological polar surface area (TPSA) is 78.4 Å². The Morgan fingerprint density at radius 3 is 2.33 bits per heavy atom. The number of rotatable bonds is 3. The minimum Gasteiger partial charge on any atom is -0.365 e. The van der Waals surface area contributed by atoms with E-state index >= 15 is 0 Å². The van der Waals surface area contributed by atoms with Crippen molar-refractivity contribution >= 4 is 12.2 Å². The van der Waals surface area contributed by atoms with Gasteiger partial charge in [0.25, 0.3) is 5.96 Å². The van der Waals surface area contributed by atoms with Crippen LogP contribution in [-0.4, -0.2) is 12.2 Å². The third kappa shape index (κ3) is 3.81. The van der Waals surface area contributed by atoms with Gasteiger partial charge in [0, 0.05) is 10.7 Å². The number of nitrogens with two attached hydrogens (primary N) is 2. The van der Waals surface area contributed by atoms with Gasteiger partial charge in [-0.25, -0.2) is 0 Å². The molecule has 4 heteroatoms. The molecule has 0 saturated carbocycles. The molecule has 1 rings (SSSR count). The number of guanidine groups is 1. The summed E-state index contributed by atoms with van der Waals surface area (Å²) < 4.78 is 0. The van der Waals surface area contributed by atoms with Crippen LogP contribution in [0, 0.1) is 0 Å². The zero-order valence-electron chi connectivity index (χ0n) is 9.07. The molecule has 0 bridgehead atoms. The number of hydrogen-bond donors (Lipinski definition) is 3. The predicted octanol–water partition coefficient (Wildman–Crippen LogP) is -0.502. The Bertz CT molecular complexity index is 359. The Labute approximate surface area is 89.7 Å². The molecular formula is C11H17N4+. The molecule has 0 atom stereocenters. The van der Waals surface area contributed by atoms with E-state index in [9.17, 15) is 0 Å². The molecule has 0 aliphatic rings. The summed E-state index contributed by atoms with van der Waals surface area (Å²) in [4.78, 5) is 0. The zero-order chi connectivity index (χ0) is 11.3. The van der Waals surface area contributed by atoms with Gasteiger partial charge >= 0.3 is 0 Å². The second-order valence-corrected chi connectivity index (χ2v) is 3.63. The quantitative estimate of drug-likeness (QED) is 0.353. The predicted molar refractivity (Wildman–Crippen MR) is 62.5 cm³/mol. The maximum Gasteiger partial charge on any atom is 0.256 e. The Morgan fingerprint density at radius 1 is 1.27 bits per heavy atom. The van der Waals surface area contributed by atoms with Crippen molar-refractivity contribution in [1.82, 2.24) is 0 Å². The van der Waals surface area contributed by atoms with Gasteiger partial charge in [0.2, 0.25) is 6.21 Å². The molecular weight excluding hydrogens is 188 g/mol. The highest BCUT2D eigenvalue weighted by Crippen LogP contribution is 2.13. The van der Waals surface area contributed by atoms with E-state index in [1.807, 2.05) is 12.1 Å². The lowest BCUT2D eigenvalue weighted by atomic mass is 10.0. The van der Waals surface area contributed by atoms with Crippen molar-refractivity contribution in [3.63, 3.8) is 0 Å². The van der Waals surface area contributed by atoms with E-state index in [4.69, 9.17) is 11.5 Å². The van der Waals surface area contributed by atoms with Gasteiger partial charge in [0.1, 0.15) is 0 Å². The molecule has 0 radical (unpaired) electrons. The summed E-state index contributed by atoms with van der Waals surface area (Å²) in [6.45, 7) is 4.33. The van der Waals surface area contributed by atoms with Gasteiger partial charge in [-0.2, -0.15) is 0 Å². The Kier molecular flexibility index (Phi) is 3.85. The summed E-state index contributed by atoms with van der Waals surface area (Å²) in [5, 5.41) is 6.31. The number of nitrogens with zero attached hydrogens (tertiary/aromatic N) is 1. The second-order valence-electron chi connectivity index (χ2n) is 3.63. The van der Waals surface area contributed by atoms with Crippen LogP contribution in [0.25, 0.3) is 0 Å². The molecule has 0 aromatic heterocycles. The number of hydrazone groups is 1. The molecule has 0 spiro atoms. The summed E-state index contributed by atoms with van der Waals surface area (Å²) in [5.41, 5.74) is 12.7. The van der Waals surface area contributed by atoms with E-state index in [0.29, 0.717) is 5.92 Å². The molecule has 80 valence electrons. The molecule has 0 aliphatic heterocycles. The summed E-state index contributed by atoms with van der Waals surface area (Å²) >= 11 is 0. The fourth-order valence-corrected chi connectivity index (χ4v) is 1.16. The lowest BCUT2D eigenvalue weighted by Gasteiger charge is -2.03. The molecule has 1 aromatic carbocycles. The van der Waals surface area contributed by atoms with Crippen molar-refractivity contribution in [2.24, 2.45) is 16.6 Å². The van der Waals surface area contributed by atoms with Gasteiger partial charge < -0.3 is 11.5 Å². The molecule has 5 N–H and O–H groups in total. The van der Waals surface area contributed by atoms with Gasteiger partial charge in [0.15, 0.2) is 0 Å². The van der Waals surface area contributed by atoms with Gasteiger partial charge in [-0.3, -0.25) is 0 Å². The number of nitrogens with one attached hydrogen (secondary N) is 1. The molecule has 0 aliphatic carbocycles. The maximum absolute atomic E-state index is 5.17.